The number of rotatable bonds is 6. The van der Waals surface area contributed by atoms with Crippen molar-refractivity contribution in [3.63, 3.8) is 0 Å². The molecule has 1 aliphatic rings. The van der Waals surface area contributed by atoms with E-state index < -0.39 is 5.97 Å². The fraction of sp³-hybridized carbons (Fsp3) is 0.533. The molecular formula is C15H22N2O2S. The Balaban J connectivity index is 1.82. The van der Waals surface area contributed by atoms with E-state index in [1.165, 1.54) is 30.5 Å². The Bertz CT molecular complexity index is 484. The van der Waals surface area contributed by atoms with Crippen LogP contribution in [0, 0.1) is 5.92 Å². The molecular weight excluding hydrogens is 272 g/mol. The first-order valence-corrected chi connectivity index (χ1v) is 7.76. The summed E-state index contributed by atoms with van der Waals surface area (Å²) in [6, 6.07) is 2.07. The molecule has 1 saturated heterocycles. The molecule has 0 aliphatic carbocycles. The van der Waals surface area contributed by atoms with E-state index in [4.69, 9.17) is 5.11 Å². The Morgan fingerprint density at radius 1 is 1.65 bits per heavy atom. The maximum Gasteiger partial charge on any atom is 0.328 e. The van der Waals surface area contributed by atoms with Gasteiger partial charge in [-0.25, -0.2) is 4.79 Å². The molecule has 1 aromatic rings. The molecule has 0 aromatic carbocycles. The van der Waals surface area contributed by atoms with Crippen LogP contribution in [0.15, 0.2) is 17.5 Å². The molecule has 20 heavy (non-hydrogen) atoms. The molecule has 4 nitrogen and oxygen atoms in total. The minimum atomic E-state index is -0.903. The van der Waals surface area contributed by atoms with Gasteiger partial charge in [0.25, 0.3) is 0 Å². The minimum Gasteiger partial charge on any atom is -0.478 e. The van der Waals surface area contributed by atoms with Crippen LogP contribution in [0.5, 0.6) is 0 Å². The van der Waals surface area contributed by atoms with E-state index in [0.717, 1.165) is 24.6 Å². The third-order valence-corrected chi connectivity index (χ3v) is 4.52. The summed E-state index contributed by atoms with van der Waals surface area (Å²) in [7, 11) is 4.34. The summed E-state index contributed by atoms with van der Waals surface area (Å²) in [5.41, 5.74) is 0.974. The smallest absolute Gasteiger partial charge is 0.328 e. The number of carboxylic acids is 1. The van der Waals surface area contributed by atoms with Gasteiger partial charge in [0.05, 0.1) is 0 Å². The Kier molecular flexibility index (Phi) is 5.34. The highest BCUT2D eigenvalue weighted by molar-refractivity contribution is 7.10. The summed E-state index contributed by atoms with van der Waals surface area (Å²) in [5.74, 6) is -0.128. The molecule has 2 rings (SSSR count). The van der Waals surface area contributed by atoms with E-state index in [2.05, 4.69) is 30.0 Å². The standard InChI is InChI=1S/C15H22N2O2S/c1-16-6-5-13(8-16)9-17(2)10-14-7-12(11-20-14)3-4-15(18)19/h3-4,7,11,13H,5-6,8-10H2,1-2H3,(H,18,19). The zero-order valence-corrected chi connectivity index (χ0v) is 12.9. The van der Waals surface area contributed by atoms with Gasteiger partial charge in [-0.05, 0) is 56.1 Å². The SMILES string of the molecule is CN1CCC(CN(C)Cc2cc(C=CC(=O)O)cs2)C1. The van der Waals surface area contributed by atoms with Crippen LogP contribution >= 0.6 is 11.3 Å². The first-order valence-electron chi connectivity index (χ1n) is 6.88. The van der Waals surface area contributed by atoms with Gasteiger partial charge in [-0.2, -0.15) is 0 Å². The number of likely N-dealkylation sites (tertiary alicyclic amines) is 1. The maximum atomic E-state index is 10.5. The zero-order chi connectivity index (χ0) is 14.5. The third kappa shape index (κ3) is 4.74. The van der Waals surface area contributed by atoms with E-state index in [1.54, 1.807) is 17.4 Å². The van der Waals surface area contributed by atoms with E-state index in [1.807, 2.05) is 5.38 Å². The summed E-state index contributed by atoms with van der Waals surface area (Å²) in [4.78, 5) is 16.5. The molecule has 5 heteroatoms. The topological polar surface area (TPSA) is 43.8 Å². The lowest BCUT2D eigenvalue weighted by Gasteiger charge is -2.20. The van der Waals surface area contributed by atoms with Crippen molar-refractivity contribution < 1.29 is 9.90 Å². The quantitative estimate of drug-likeness (QED) is 0.817. The molecule has 1 N–H and O–H groups in total. The van der Waals surface area contributed by atoms with Gasteiger partial charge in [0.2, 0.25) is 0 Å². The fourth-order valence-electron chi connectivity index (χ4n) is 2.68. The first kappa shape index (κ1) is 15.2. The summed E-state index contributed by atoms with van der Waals surface area (Å²) in [6.45, 7) is 4.47. The van der Waals surface area contributed by atoms with Crippen molar-refractivity contribution in [2.45, 2.75) is 13.0 Å². The van der Waals surface area contributed by atoms with Gasteiger partial charge in [-0.3, -0.25) is 0 Å². The Morgan fingerprint density at radius 3 is 3.10 bits per heavy atom. The molecule has 1 aromatic heterocycles. The van der Waals surface area contributed by atoms with Gasteiger partial charge in [-0.15, -0.1) is 11.3 Å². The predicted molar refractivity (Wildman–Crippen MR) is 82.9 cm³/mol. The second-order valence-electron chi connectivity index (χ2n) is 5.63. The number of hydrogen-bond donors (Lipinski definition) is 1. The monoisotopic (exact) mass is 294 g/mol. The van der Waals surface area contributed by atoms with E-state index in [9.17, 15) is 4.79 Å². The molecule has 1 atom stereocenters. The summed E-state index contributed by atoms with van der Waals surface area (Å²) >= 11 is 1.69. The van der Waals surface area contributed by atoms with Crippen LogP contribution in [0.2, 0.25) is 0 Å². The third-order valence-electron chi connectivity index (χ3n) is 3.58. The number of carboxylic acid groups (broad SMARTS) is 1. The molecule has 0 saturated carbocycles. The average molecular weight is 294 g/mol. The number of hydrogen-bond acceptors (Lipinski definition) is 4. The number of nitrogens with zero attached hydrogens (tertiary/aromatic N) is 2. The number of aliphatic carboxylic acids is 1. The maximum absolute atomic E-state index is 10.5. The van der Waals surface area contributed by atoms with Crippen LogP contribution in [-0.4, -0.2) is 54.6 Å². The van der Waals surface area contributed by atoms with Crippen molar-refractivity contribution in [3.8, 4) is 0 Å². The fourth-order valence-corrected chi connectivity index (χ4v) is 3.62. The van der Waals surface area contributed by atoms with Gasteiger partial charge >= 0.3 is 5.97 Å². The molecule has 2 heterocycles. The molecule has 0 radical (unpaired) electrons. The number of thiophene rings is 1. The summed E-state index contributed by atoms with van der Waals surface area (Å²) in [6.07, 6.45) is 4.12. The Hall–Kier alpha value is -1.17. The van der Waals surface area contributed by atoms with Crippen molar-refractivity contribution in [2.24, 2.45) is 5.92 Å². The summed E-state index contributed by atoms with van der Waals surface area (Å²) < 4.78 is 0. The number of carbonyl (C=O) groups is 1. The Morgan fingerprint density at radius 2 is 2.45 bits per heavy atom. The van der Waals surface area contributed by atoms with Crippen LogP contribution < -0.4 is 0 Å². The van der Waals surface area contributed by atoms with Gasteiger partial charge in [0, 0.05) is 30.6 Å². The highest BCUT2D eigenvalue weighted by atomic mass is 32.1. The second kappa shape index (κ2) is 7.02. The minimum absolute atomic E-state index is 0.774. The van der Waals surface area contributed by atoms with Crippen LogP contribution in [0.25, 0.3) is 6.08 Å². The lowest BCUT2D eigenvalue weighted by molar-refractivity contribution is -0.131. The van der Waals surface area contributed by atoms with Crippen molar-refractivity contribution >= 4 is 23.4 Å². The van der Waals surface area contributed by atoms with Gasteiger partial charge in [0.1, 0.15) is 0 Å². The first-order chi connectivity index (χ1) is 9.52. The van der Waals surface area contributed by atoms with Crippen molar-refractivity contribution in [1.29, 1.82) is 0 Å². The van der Waals surface area contributed by atoms with Crippen LogP contribution in [0.3, 0.4) is 0 Å². The largest absolute Gasteiger partial charge is 0.478 e. The average Bonchev–Trinajstić information content (AvgIpc) is 2.96. The summed E-state index contributed by atoms with van der Waals surface area (Å²) in [5, 5.41) is 10.6. The van der Waals surface area contributed by atoms with Gasteiger partial charge in [0.15, 0.2) is 0 Å². The zero-order valence-electron chi connectivity index (χ0n) is 12.1. The van der Waals surface area contributed by atoms with Crippen LogP contribution in [0.4, 0.5) is 0 Å². The normalized spacial score (nSPS) is 20.2. The molecule has 1 unspecified atom stereocenters. The van der Waals surface area contributed by atoms with E-state index in [-0.39, 0.29) is 0 Å². The van der Waals surface area contributed by atoms with Crippen LogP contribution in [-0.2, 0) is 11.3 Å². The van der Waals surface area contributed by atoms with Gasteiger partial charge < -0.3 is 14.9 Å². The van der Waals surface area contributed by atoms with Crippen molar-refractivity contribution in [2.75, 3.05) is 33.7 Å². The van der Waals surface area contributed by atoms with E-state index in [0.29, 0.717) is 0 Å². The van der Waals surface area contributed by atoms with E-state index >= 15 is 0 Å². The molecule has 0 bridgehead atoms. The highest BCUT2D eigenvalue weighted by Crippen LogP contribution is 2.20. The lowest BCUT2D eigenvalue weighted by atomic mass is 10.1. The Labute approximate surface area is 124 Å². The van der Waals surface area contributed by atoms with Gasteiger partial charge in [-0.1, -0.05) is 0 Å². The second-order valence-corrected chi connectivity index (χ2v) is 6.63. The molecule has 1 fully saturated rings. The molecule has 0 amide bonds. The molecule has 110 valence electrons. The van der Waals surface area contributed by atoms with Crippen molar-refractivity contribution in [3.05, 3.63) is 28.0 Å². The van der Waals surface area contributed by atoms with Crippen molar-refractivity contribution in [1.82, 2.24) is 9.80 Å². The predicted octanol–water partition coefficient (Wildman–Crippen LogP) is 2.23. The highest BCUT2D eigenvalue weighted by Gasteiger charge is 2.20. The molecule has 1 aliphatic heterocycles. The molecule has 0 spiro atoms. The van der Waals surface area contributed by atoms with Crippen LogP contribution in [0.1, 0.15) is 16.9 Å². The lowest BCUT2D eigenvalue weighted by Crippen LogP contribution is -2.26.